The molecular formula is C12H16ClNO3S. The van der Waals surface area contributed by atoms with E-state index in [0.29, 0.717) is 18.3 Å². The minimum Gasteiger partial charge on any atom is -0.493 e. The number of ether oxygens (including phenoxy) is 1. The molecule has 1 unspecified atom stereocenters. The standard InChI is InChI=1S/C12H16ClNO3S/c1-2-3-9(8-18)7-17-10-4-5-12(14(15)16)11(13)6-10/h4-6,9,18H,2-3,7-8H2,1H3. The molecule has 0 heterocycles. The lowest BCUT2D eigenvalue weighted by molar-refractivity contribution is -0.384. The highest BCUT2D eigenvalue weighted by Gasteiger charge is 2.13. The van der Waals surface area contributed by atoms with Gasteiger partial charge in [0.15, 0.2) is 0 Å². The van der Waals surface area contributed by atoms with Crippen LogP contribution < -0.4 is 4.74 Å². The van der Waals surface area contributed by atoms with Crippen LogP contribution in [0.25, 0.3) is 0 Å². The molecule has 4 nitrogen and oxygen atoms in total. The van der Waals surface area contributed by atoms with Crippen LogP contribution in [-0.4, -0.2) is 17.3 Å². The lowest BCUT2D eigenvalue weighted by Crippen LogP contribution is -2.13. The van der Waals surface area contributed by atoms with Crippen molar-refractivity contribution < 1.29 is 9.66 Å². The van der Waals surface area contributed by atoms with Gasteiger partial charge >= 0.3 is 0 Å². The maximum absolute atomic E-state index is 10.6. The van der Waals surface area contributed by atoms with Crippen molar-refractivity contribution in [3.63, 3.8) is 0 Å². The second-order valence-electron chi connectivity index (χ2n) is 4.02. The molecule has 0 N–H and O–H groups in total. The fourth-order valence-corrected chi connectivity index (χ4v) is 2.10. The van der Waals surface area contributed by atoms with Gasteiger partial charge in [0.25, 0.3) is 5.69 Å². The zero-order chi connectivity index (χ0) is 13.5. The molecule has 0 bridgehead atoms. The van der Waals surface area contributed by atoms with E-state index in [1.165, 1.54) is 12.1 Å². The molecule has 1 aromatic carbocycles. The van der Waals surface area contributed by atoms with E-state index in [0.717, 1.165) is 18.6 Å². The first-order valence-electron chi connectivity index (χ1n) is 5.76. The quantitative estimate of drug-likeness (QED) is 0.469. The van der Waals surface area contributed by atoms with Crippen LogP contribution in [0.2, 0.25) is 5.02 Å². The third-order valence-corrected chi connectivity index (χ3v) is 3.38. The van der Waals surface area contributed by atoms with E-state index < -0.39 is 4.92 Å². The van der Waals surface area contributed by atoms with Crippen LogP contribution in [0.3, 0.4) is 0 Å². The SMILES string of the molecule is CCCC(CS)COc1ccc([N+](=O)[O-])c(Cl)c1. The third kappa shape index (κ3) is 4.38. The molecule has 0 spiro atoms. The van der Waals surface area contributed by atoms with Gasteiger partial charge in [0.1, 0.15) is 10.8 Å². The Balaban J connectivity index is 2.63. The van der Waals surface area contributed by atoms with Crippen molar-refractivity contribution in [2.24, 2.45) is 5.92 Å². The lowest BCUT2D eigenvalue weighted by Gasteiger charge is -2.14. The number of nitrogens with zero attached hydrogens (tertiary/aromatic N) is 1. The zero-order valence-corrected chi connectivity index (χ0v) is 11.8. The van der Waals surface area contributed by atoms with Gasteiger partial charge in [0.05, 0.1) is 11.5 Å². The van der Waals surface area contributed by atoms with Gasteiger partial charge in [-0.25, -0.2) is 0 Å². The van der Waals surface area contributed by atoms with E-state index in [2.05, 4.69) is 19.6 Å². The Labute approximate surface area is 117 Å². The molecule has 0 aliphatic rings. The van der Waals surface area contributed by atoms with Crippen LogP contribution in [0.4, 0.5) is 5.69 Å². The van der Waals surface area contributed by atoms with Crippen molar-refractivity contribution in [1.82, 2.24) is 0 Å². The van der Waals surface area contributed by atoms with Gasteiger partial charge in [-0.2, -0.15) is 12.6 Å². The van der Waals surface area contributed by atoms with E-state index in [1.807, 2.05) is 0 Å². The summed E-state index contributed by atoms with van der Waals surface area (Å²) in [6.45, 7) is 2.66. The highest BCUT2D eigenvalue weighted by atomic mass is 35.5. The summed E-state index contributed by atoms with van der Waals surface area (Å²) < 4.78 is 5.57. The second kappa shape index (κ2) is 7.48. The van der Waals surface area contributed by atoms with Crippen molar-refractivity contribution >= 4 is 29.9 Å². The first-order chi connectivity index (χ1) is 8.58. The van der Waals surface area contributed by atoms with Crippen LogP contribution in [-0.2, 0) is 0 Å². The molecule has 0 aliphatic carbocycles. The Hall–Kier alpha value is -0.940. The molecule has 6 heteroatoms. The summed E-state index contributed by atoms with van der Waals surface area (Å²) in [5.74, 6) is 1.69. The smallest absolute Gasteiger partial charge is 0.288 e. The van der Waals surface area contributed by atoms with Crippen LogP contribution in [0.15, 0.2) is 18.2 Å². The molecule has 18 heavy (non-hydrogen) atoms. The van der Waals surface area contributed by atoms with E-state index in [4.69, 9.17) is 16.3 Å². The van der Waals surface area contributed by atoms with Crippen LogP contribution in [0, 0.1) is 16.0 Å². The average molecular weight is 290 g/mol. The third-order valence-electron chi connectivity index (χ3n) is 2.56. The summed E-state index contributed by atoms with van der Waals surface area (Å²) in [4.78, 5) is 10.1. The number of halogens is 1. The van der Waals surface area contributed by atoms with Gasteiger partial charge in [-0.3, -0.25) is 10.1 Å². The number of hydrogen-bond acceptors (Lipinski definition) is 4. The molecule has 1 rings (SSSR count). The van der Waals surface area contributed by atoms with Crippen LogP contribution in [0.1, 0.15) is 19.8 Å². The maximum Gasteiger partial charge on any atom is 0.288 e. The summed E-state index contributed by atoms with van der Waals surface area (Å²) in [6.07, 6.45) is 2.12. The van der Waals surface area contributed by atoms with Gasteiger partial charge in [-0.15, -0.1) is 0 Å². The minimum atomic E-state index is -0.514. The molecule has 0 amide bonds. The second-order valence-corrected chi connectivity index (χ2v) is 4.79. The van der Waals surface area contributed by atoms with Crippen molar-refractivity contribution in [1.29, 1.82) is 0 Å². The monoisotopic (exact) mass is 289 g/mol. The summed E-state index contributed by atoms with van der Waals surface area (Å²) in [7, 11) is 0. The minimum absolute atomic E-state index is 0.0930. The molecule has 1 atom stereocenters. The highest BCUT2D eigenvalue weighted by Crippen LogP contribution is 2.28. The predicted molar refractivity (Wildman–Crippen MR) is 75.9 cm³/mol. The summed E-state index contributed by atoms with van der Waals surface area (Å²) in [5.41, 5.74) is -0.108. The number of benzene rings is 1. The average Bonchev–Trinajstić information content (AvgIpc) is 2.34. The maximum atomic E-state index is 10.6. The van der Waals surface area contributed by atoms with Crippen molar-refractivity contribution in [3.05, 3.63) is 33.3 Å². The number of hydrogen-bond donors (Lipinski definition) is 1. The van der Waals surface area contributed by atoms with E-state index in [-0.39, 0.29) is 10.7 Å². The van der Waals surface area contributed by atoms with Crippen LogP contribution in [0.5, 0.6) is 5.75 Å². The summed E-state index contributed by atoms with van der Waals surface area (Å²) in [5, 5.41) is 10.7. The molecule has 100 valence electrons. The first kappa shape index (κ1) is 15.1. The Morgan fingerprint density at radius 3 is 2.78 bits per heavy atom. The van der Waals surface area contributed by atoms with Gasteiger partial charge in [-0.05, 0) is 18.2 Å². The van der Waals surface area contributed by atoms with Gasteiger partial charge in [-0.1, -0.05) is 24.9 Å². The molecular weight excluding hydrogens is 274 g/mol. The number of rotatable bonds is 7. The van der Waals surface area contributed by atoms with Gasteiger partial charge < -0.3 is 4.74 Å². The van der Waals surface area contributed by atoms with E-state index >= 15 is 0 Å². The molecule has 0 aromatic heterocycles. The molecule has 1 aromatic rings. The highest BCUT2D eigenvalue weighted by molar-refractivity contribution is 7.80. The number of thiol groups is 1. The molecule has 0 saturated heterocycles. The van der Waals surface area contributed by atoms with Crippen molar-refractivity contribution in [2.45, 2.75) is 19.8 Å². The molecule has 0 radical (unpaired) electrons. The van der Waals surface area contributed by atoms with Gasteiger partial charge in [0.2, 0.25) is 0 Å². The Morgan fingerprint density at radius 2 is 2.28 bits per heavy atom. The van der Waals surface area contributed by atoms with Crippen molar-refractivity contribution in [3.8, 4) is 5.75 Å². The molecule has 0 saturated carbocycles. The fraction of sp³-hybridized carbons (Fsp3) is 0.500. The van der Waals surface area contributed by atoms with E-state index in [9.17, 15) is 10.1 Å². The number of nitro benzene ring substituents is 1. The lowest BCUT2D eigenvalue weighted by atomic mass is 10.1. The Morgan fingerprint density at radius 1 is 1.56 bits per heavy atom. The fourth-order valence-electron chi connectivity index (χ4n) is 1.58. The van der Waals surface area contributed by atoms with Crippen LogP contribution >= 0.6 is 24.2 Å². The molecule has 0 aliphatic heterocycles. The predicted octanol–water partition coefficient (Wildman–Crippen LogP) is 3.97. The van der Waals surface area contributed by atoms with E-state index in [1.54, 1.807) is 6.07 Å². The topological polar surface area (TPSA) is 52.4 Å². The first-order valence-corrected chi connectivity index (χ1v) is 6.77. The largest absolute Gasteiger partial charge is 0.493 e. The Bertz CT molecular complexity index is 414. The zero-order valence-electron chi connectivity index (χ0n) is 10.1. The summed E-state index contributed by atoms with van der Waals surface area (Å²) in [6, 6.07) is 4.39. The van der Waals surface area contributed by atoms with Crippen molar-refractivity contribution in [2.75, 3.05) is 12.4 Å². The van der Waals surface area contributed by atoms with Gasteiger partial charge in [0, 0.05) is 18.1 Å². The molecule has 0 fully saturated rings. The Kier molecular flexibility index (Phi) is 6.29. The number of nitro groups is 1. The normalized spacial score (nSPS) is 12.2. The summed E-state index contributed by atoms with van der Waals surface area (Å²) >= 11 is 10.1.